The second kappa shape index (κ2) is 4.80. The second-order valence-corrected chi connectivity index (χ2v) is 3.58. The smallest absolute Gasteiger partial charge is 0.313 e. The summed E-state index contributed by atoms with van der Waals surface area (Å²) >= 11 is 0. The molecule has 0 aliphatic rings. The van der Waals surface area contributed by atoms with Gasteiger partial charge in [-0.25, -0.2) is 14.5 Å². The molecule has 0 radical (unpaired) electrons. The molecule has 0 saturated heterocycles. The van der Waals surface area contributed by atoms with E-state index in [4.69, 9.17) is 0 Å². The molecule has 1 aromatic heterocycles. The van der Waals surface area contributed by atoms with E-state index in [2.05, 4.69) is 15.5 Å². The number of aromatic amines is 1. The fourth-order valence-corrected chi connectivity index (χ4v) is 1.60. The van der Waals surface area contributed by atoms with Gasteiger partial charge in [0.1, 0.15) is 0 Å². The van der Waals surface area contributed by atoms with Crippen LogP contribution in [-0.4, -0.2) is 26.7 Å². The van der Waals surface area contributed by atoms with Crippen molar-refractivity contribution >= 4 is 5.69 Å². The summed E-state index contributed by atoms with van der Waals surface area (Å²) in [5, 5.41) is 19.6. The van der Waals surface area contributed by atoms with Crippen molar-refractivity contribution in [1.82, 2.24) is 20.1 Å². The zero-order chi connectivity index (χ0) is 13.1. The molecule has 0 unspecified atom stereocenters. The zero-order valence-electron chi connectivity index (χ0n) is 9.58. The number of hydrogen-bond donors (Lipinski definition) is 2. The van der Waals surface area contributed by atoms with Crippen molar-refractivity contribution in [2.45, 2.75) is 6.54 Å². The SMILES string of the molecule is CNCc1n[nH]c(=O)n1-c1ccc([N+](=O)[O-])cc1. The third-order valence-electron chi connectivity index (χ3n) is 2.40. The molecule has 18 heavy (non-hydrogen) atoms. The van der Waals surface area contributed by atoms with Crippen LogP contribution in [-0.2, 0) is 6.54 Å². The van der Waals surface area contributed by atoms with E-state index in [1.54, 1.807) is 7.05 Å². The summed E-state index contributed by atoms with van der Waals surface area (Å²) in [6, 6.07) is 5.71. The molecule has 2 N–H and O–H groups in total. The van der Waals surface area contributed by atoms with Crippen LogP contribution in [0.1, 0.15) is 5.82 Å². The predicted molar refractivity (Wildman–Crippen MR) is 63.6 cm³/mol. The first-order valence-corrected chi connectivity index (χ1v) is 5.19. The van der Waals surface area contributed by atoms with E-state index < -0.39 is 4.92 Å². The molecule has 8 heteroatoms. The van der Waals surface area contributed by atoms with Crippen LogP contribution >= 0.6 is 0 Å². The summed E-state index contributed by atoms with van der Waals surface area (Å²) in [6.07, 6.45) is 0. The largest absolute Gasteiger partial charge is 0.347 e. The number of nitro groups is 1. The molecule has 94 valence electrons. The first-order chi connectivity index (χ1) is 8.63. The van der Waals surface area contributed by atoms with Gasteiger partial charge in [-0.2, -0.15) is 5.10 Å². The van der Waals surface area contributed by atoms with Gasteiger partial charge in [0.05, 0.1) is 17.2 Å². The van der Waals surface area contributed by atoms with Gasteiger partial charge in [-0.1, -0.05) is 0 Å². The van der Waals surface area contributed by atoms with Crippen LogP contribution in [0.4, 0.5) is 5.69 Å². The van der Waals surface area contributed by atoms with E-state index in [1.807, 2.05) is 0 Å². The Hall–Kier alpha value is -2.48. The minimum Gasteiger partial charge on any atom is -0.313 e. The maximum Gasteiger partial charge on any atom is 0.347 e. The van der Waals surface area contributed by atoms with Gasteiger partial charge in [-0.15, -0.1) is 0 Å². The molecule has 0 saturated carbocycles. The fourth-order valence-electron chi connectivity index (χ4n) is 1.60. The van der Waals surface area contributed by atoms with Crippen molar-refractivity contribution in [3.63, 3.8) is 0 Å². The first-order valence-electron chi connectivity index (χ1n) is 5.19. The summed E-state index contributed by atoms with van der Waals surface area (Å²) in [5.41, 5.74) is 0.129. The Labute approximate surface area is 101 Å². The van der Waals surface area contributed by atoms with Crippen molar-refractivity contribution in [3.05, 3.63) is 50.7 Å². The number of rotatable bonds is 4. The summed E-state index contributed by atoms with van der Waals surface area (Å²) in [5.74, 6) is 0.511. The van der Waals surface area contributed by atoms with Crippen LogP contribution in [0.3, 0.4) is 0 Å². The van der Waals surface area contributed by atoms with Crippen molar-refractivity contribution in [1.29, 1.82) is 0 Å². The lowest BCUT2D eigenvalue weighted by Gasteiger charge is -2.04. The van der Waals surface area contributed by atoms with Crippen molar-refractivity contribution < 1.29 is 4.92 Å². The highest BCUT2D eigenvalue weighted by molar-refractivity contribution is 5.41. The number of aromatic nitrogens is 3. The molecular formula is C10H11N5O3. The number of H-pyrrole nitrogens is 1. The highest BCUT2D eigenvalue weighted by Crippen LogP contribution is 2.14. The predicted octanol–water partition coefficient (Wildman–Crippen LogP) is 0.188. The fraction of sp³-hybridized carbons (Fsp3) is 0.200. The second-order valence-electron chi connectivity index (χ2n) is 3.58. The number of nitrogens with zero attached hydrogens (tertiary/aromatic N) is 3. The molecule has 0 fully saturated rings. The van der Waals surface area contributed by atoms with Crippen LogP contribution in [0.2, 0.25) is 0 Å². The average molecular weight is 249 g/mol. The number of benzene rings is 1. The van der Waals surface area contributed by atoms with E-state index in [1.165, 1.54) is 28.8 Å². The molecule has 0 amide bonds. The maximum atomic E-state index is 11.6. The molecule has 2 aromatic rings. The van der Waals surface area contributed by atoms with Gasteiger partial charge in [0.2, 0.25) is 0 Å². The lowest BCUT2D eigenvalue weighted by molar-refractivity contribution is -0.384. The van der Waals surface area contributed by atoms with Crippen molar-refractivity contribution in [3.8, 4) is 5.69 Å². The molecular weight excluding hydrogens is 238 g/mol. The molecule has 2 rings (SSSR count). The van der Waals surface area contributed by atoms with Gasteiger partial charge >= 0.3 is 5.69 Å². The van der Waals surface area contributed by atoms with Crippen LogP contribution in [0, 0.1) is 10.1 Å². The van der Waals surface area contributed by atoms with E-state index in [-0.39, 0.29) is 11.4 Å². The molecule has 0 atom stereocenters. The van der Waals surface area contributed by atoms with Gasteiger partial charge in [0, 0.05) is 12.1 Å². The third kappa shape index (κ3) is 2.13. The highest BCUT2D eigenvalue weighted by Gasteiger charge is 2.11. The summed E-state index contributed by atoms with van der Waals surface area (Å²) in [6.45, 7) is 0.412. The van der Waals surface area contributed by atoms with Gasteiger partial charge in [0.25, 0.3) is 5.69 Å². The first kappa shape index (κ1) is 12.0. The summed E-state index contributed by atoms with van der Waals surface area (Å²) in [4.78, 5) is 21.7. The Morgan fingerprint density at radius 1 is 1.44 bits per heavy atom. The maximum absolute atomic E-state index is 11.6. The third-order valence-corrected chi connectivity index (χ3v) is 2.40. The molecule has 8 nitrogen and oxygen atoms in total. The quantitative estimate of drug-likeness (QED) is 0.594. The van der Waals surface area contributed by atoms with Gasteiger partial charge < -0.3 is 5.32 Å². The molecule has 0 spiro atoms. The van der Waals surface area contributed by atoms with Gasteiger partial charge in [0.15, 0.2) is 5.82 Å². The minimum atomic E-state index is -0.490. The van der Waals surface area contributed by atoms with Crippen LogP contribution in [0.5, 0.6) is 0 Å². The summed E-state index contributed by atoms with van der Waals surface area (Å²) in [7, 11) is 1.74. The van der Waals surface area contributed by atoms with Crippen molar-refractivity contribution in [2.24, 2.45) is 0 Å². The molecule has 0 bridgehead atoms. The molecule has 0 aliphatic heterocycles. The topological polar surface area (TPSA) is 106 Å². The summed E-state index contributed by atoms with van der Waals surface area (Å²) < 4.78 is 1.36. The Balaban J connectivity index is 2.45. The Morgan fingerprint density at radius 3 is 2.67 bits per heavy atom. The normalized spacial score (nSPS) is 10.5. The monoisotopic (exact) mass is 249 g/mol. The number of nitro benzene ring substituents is 1. The molecule has 0 aliphatic carbocycles. The Kier molecular flexibility index (Phi) is 3.20. The zero-order valence-corrected chi connectivity index (χ0v) is 9.58. The Bertz CT molecular complexity index is 613. The van der Waals surface area contributed by atoms with E-state index in [9.17, 15) is 14.9 Å². The van der Waals surface area contributed by atoms with E-state index >= 15 is 0 Å². The molecule has 1 aromatic carbocycles. The van der Waals surface area contributed by atoms with Gasteiger partial charge in [-0.3, -0.25) is 10.1 Å². The van der Waals surface area contributed by atoms with Gasteiger partial charge in [-0.05, 0) is 19.2 Å². The lowest BCUT2D eigenvalue weighted by atomic mass is 10.3. The lowest BCUT2D eigenvalue weighted by Crippen LogP contribution is -2.19. The highest BCUT2D eigenvalue weighted by atomic mass is 16.6. The number of hydrogen-bond acceptors (Lipinski definition) is 5. The van der Waals surface area contributed by atoms with Crippen LogP contribution < -0.4 is 11.0 Å². The van der Waals surface area contributed by atoms with Crippen LogP contribution in [0.15, 0.2) is 29.1 Å². The standard InChI is InChI=1S/C10H11N5O3/c1-11-6-9-12-13-10(16)14(9)7-2-4-8(5-3-7)15(17)18/h2-5,11H,6H2,1H3,(H,13,16). The van der Waals surface area contributed by atoms with E-state index in [0.717, 1.165) is 0 Å². The molecule has 1 heterocycles. The average Bonchev–Trinajstić information content (AvgIpc) is 2.71. The number of non-ortho nitro benzene ring substituents is 1. The minimum absolute atomic E-state index is 0.0227. The van der Waals surface area contributed by atoms with Crippen LogP contribution in [0.25, 0.3) is 5.69 Å². The number of nitrogens with one attached hydrogen (secondary N) is 2. The Morgan fingerprint density at radius 2 is 2.11 bits per heavy atom. The van der Waals surface area contributed by atoms with Crippen molar-refractivity contribution in [2.75, 3.05) is 7.05 Å². The van der Waals surface area contributed by atoms with E-state index in [0.29, 0.717) is 18.1 Å².